The lowest BCUT2D eigenvalue weighted by Crippen LogP contribution is -2.45. The maximum Gasteiger partial charge on any atom is 0.230 e. The highest BCUT2D eigenvalue weighted by molar-refractivity contribution is 5.84. The second-order valence-corrected chi connectivity index (χ2v) is 7.05. The standard InChI is InChI=1S/C22H27NO3/c1-16(2)21(18-9-11-19(25-3)12-10-18)22(24)23-13-14-26-20(15-23)17-7-5-4-6-8-17/h4-12,16,20-21H,13-15H2,1-3H3. The zero-order valence-corrected chi connectivity index (χ0v) is 15.7. The minimum Gasteiger partial charge on any atom is -0.497 e. The summed E-state index contributed by atoms with van der Waals surface area (Å²) in [6, 6.07) is 18.0. The van der Waals surface area contributed by atoms with Crippen LogP contribution in [0.4, 0.5) is 0 Å². The lowest BCUT2D eigenvalue weighted by molar-refractivity contribution is -0.141. The number of carbonyl (C=O) groups excluding carboxylic acids is 1. The summed E-state index contributed by atoms with van der Waals surface area (Å²) < 4.78 is 11.1. The Labute approximate surface area is 155 Å². The second kappa shape index (κ2) is 8.37. The van der Waals surface area contributed by atoms with Gasteiger partial charge in [-0.05, 0) is 29.2 Å². The molecule has 138 valence electrons. The number of ether oxygens (including phenoxy) is 2. The molecule has 2 aromatic rings. The van der Waals surface area contributed by atoms with E-state index < -0.39 is 0 Å². The zero-order valence-electron chi connectivity index (χ0n) is 15.7. The summed E-state index contributed by atoms with van der Waals surface area (Å²) in [5.74, 6) is 1.04. The number of methoxy groups -OCH3 is 1. The lowest BCUT2D eigenvalue weighted by atomic mass is 9.87. The lowest BCUT2D eigenvalue weighted by Gasteiger charge is -2.36. The van der Waals surface area contributed by atoms with Crippen LogP contribution in [-0.2, 0) is 9.53 Å². The fraction of sp³-hybridized carbons (Fsp3) is 0.409. The molecule has 4 heteroatoms. The van der Waals surface area contributed by atoms with Crippen molar-refractivity contribution < 1.29 is 14.3 Å². The molecule has 26 heavy (non-hydrogen) atoms. The van der Waals surface area contributed by atoms with Crippen molar-refractivity contribution in [2.45, 2.75) is 25.9 Å². The normalized spacial score (nSPS) is 18.6. The number of nitrogens with zero attached hydrogens (tertiary/aromatic N) is 1. The summed E-state index contributed by atoms with van der Waals surface area (Å²) in [7, 11) is 1.65. The molecule has 1 saturated heterocycles. The van der Waals surface area contributed by atoms with Crippen LogP contribution in [0.5, 0.6) is 5.75 Å². The number of benzene rings is 2. The number of rotatable bonds is 5. The number of hydrogen-bond donors (Lipinski definition) is 0. The van der Waals surface area contributed by atoms with Crippen LogP contribution in [-0.4, -0.2) is 37.6 Å². The minimum absolute atomic E-state index is 0.0578. The molecule has 0 aromatic heterocycles. The van der Waals surface area contributed by atoms with E-state index in [1.807, 2.05) is 47.4 Å². The SMILES string of the molecule is COc1ccc(C(C(=O)N2CCOC(c3ccccc3)C2)C(C)C)cc1. The molecule has 3 rings (SSSR count). The van der Waals surface area contributed by atoms with Gasteiger partial charge in [-0.25, -0.2) is 0 Å². The van der Waals surface area contributed by atoms with Crippen molar-refractivity contribution in [1.82, 2.24) is 4.90 Å². The first-order valence-electron chi connectivity index (χ1n) is 9.19. The van der Waals surface area contributed by atoms with E-state index in [-0.39, 0.29) is 23.8 Å². The van der Waals surface area contributed by atoms with Crippen molar-refractivity contribution in [3.63, 3.8) is 0 Å². The maximum absolute atomic E-state index is 13.3. The minimum atomic E-state index is -0.157. The van der Waals surface area contributed by atoms with E-state index in [1.54, 1.807) is 7.11 Å². The number of carbonyl (C=O) groups is 1. The van der Waals surface area contributed by atoms with E-state index in [0.29, 0.717) is 19.7 Å². The first kappa shape index (κ1) is 18.5. The molecule has 1 amide bonds. The average Bonchev–Trinajstić information content (AvgIpc) is 2.69. The molecule has 0 N–H and O–H groups in total. The van der Waals surface area contributed by atoms with Gasteiger partial charge in [0.25, 0.3) is 0 Å². The Hall–Kier alpha value is -2.33. The third kappa shape index (κ3) is 4.07. The van der Waals surface area contributed by atoms with Crippen molar-refractivity contribution in [3.05, 3.63) is 65.7 Å². The second-order valence-electron chi connectivity index (χ2n) is 7.05. The predicted octanol–water partition coefficient (Wildman–Crippen LogP) is 4.03. The van der Waals surface area contributed by atoms with Crippen LogP contribution in [0.2, 0.25) is 0 Å². The van der Waals surface area contributed by atoms with Crippen LogP contribution in [0.25, 0.3) is 0 Å². The highest BCUT2D eigenvalue weighted by Crippen LogP contribution is 2.30. The summed E-state index contributed by atoms with van der Waals surface area (Å²) in [5.41, 5.74) is 2.16. The van der Waals surface area contributed by atoms with Gasteiger partial charge < -0.3 is 14.4 Å². The predicted molar refractivity (Wildman–Crippen MR) is 102 cm³/mol. The molecule has 0 aliphatic carbocycles. The fourth-order valence-electron chi connectivity index (χ4n) is 3.54. The third-order valence-electron chi connectivity index (χ3n) is 4.96. The van der Waals surface area contributed by atoms with E-state index >= 15 is 0 Å². The van der Waals surface area contributed by atoms with Gasteiger partial charge in [-0.3, -0.25) is 4.79 Å². The Bertz CT molecular complexity index is 712. The van der Waals surface area contributed by atoms with Crippen LogP contribution in [0.15, 0.2) is 54.6 Å². The van der Waals surface area contributed by atoms with Gasteiger partial charge in [0.05, 0.1) is 26.2 Å². The Balaban J connectivity index is 1.78. The monoisotopic (exact) mass is 353 g/mol. The molecule has 4 nitrogen and oxygen atoms in total. The number of hydrogen-bond acceptors (Lipinski definition) is 3. The van der Waals surface area contributed by atoms with E-state index in [9.17, 15) is 4.79 Å². The molecule has 2 aromatic carbocycles. The smallest absolute Gasteiger partial charge is 0.230 e. The maximum atomic E-state index is 13.3. The number of morpholine rings is 1. The molecule has 0 radical (unpaired) electrons. The van der Waals surface area contributed by atoms with Gasteiger partial charge in [0.2, 0.25) is 5.91 Å². The van der Waals surface area contributed by atoms with Crippen molar-refractivity contribution in [1.29, 1.82) is 0 Å². The van der Waals surface area contributed by atoms with E-state index in [2.05, 4.69) is 26.0 Å². The highest BCUT2D eigenvalue weighted by atomic mass is 16.5. The molecule has 1 aliphatic rings. The summed E-state index contributed by atoms with van der Waals surface area (Å²) >= 11 is 0. The van der Waals surface area contributed by atoms with Gasteiger partial charge in [0.1, 0.15) is 11.9 Å². The van der Waals surface area contributed by atoms with E-state index in [1.165, 1.54) is 0 Å². The molecule has 1 aliphatic heterocycles. The van der Waals surface area contributed by atoms with Gasteiger partial charge in [-0.2, -0.15) is 0 Å². The van der Waals surface area contributed by atoms with Gasteiger partial charge >= 0.3 is 0 Å². The summed E-state index contributed by atoms with van der Waals surface area (Å²) in [5, 5.41) is 0. The van der Waals surface area contributed by atoms with Crippen LogP contribution in [0.1, 0.15) is 37.0 Å². The molecule has 1 fully saturated rings. The van der Waals surface area contributed by atoms with Crippen LogP contribution >= 0.6 is 0 Å². The van der Waals surface area contributed by atoms with Crippen LogP contribution in [0.3, 0.4) is 0 Å². The Morgan fingerprint density at radius 1 is 1.12 bits per heavy atom. The molecule has 1 heterocycles. The van der Waals surface area contributed by atoms with Gasteiger partial charge in [-0.1, -0.05) is 56.3 Å². The van der Waals surface area contributed by atoms with Crippen LogP contribution in [0, 0.1) is 5.92 Å². The quantitative estimate of drug-likeness (QED) is 0.814. The molecule has 0 saturated carbocycles. The molecule has 2 atom stereocenters. The Kier molecular flexibility index (Phi) is 5.94. The summed E-state index contributed by atoms with van der Waals surface area (Å²) in [6.45, 7) is 6.01. The first-order valence-corrected chi connectivity index (χ1v) is 9.19. The molecular formula is C22H27NO3. The van der Waals surface area contributed by atoms with Crippen molar-refractivity contribution in [3.8, 4) is 5.75 Å². The molecule has 0 bridgehead atoms. The van der Waals surface area contributed by atoms with Crippen molar-refractivity contribution in [2.24, 2.45) is 5.92 Å². The third-order valence-corrected chi connectivity index (χ3v) is 4.96. The van der Waals surface area contributed by atoms with Gasteiger partial charge in [0, 0.05) is 6.54 Å². The van der Waals surface area contributed by atoms with Crippen molar-refractivity contribution in [2.75, 3.05) is 26.8 Å². The van der Waals surface area contributed by atoms with E-state index in [4.69, 9.17) is 9.47 Å². The van der Waals surface area contributed by atoms with Gasteiger partial charge in [-0.15, -0.1) is 0 Å². The molecular weight excluding hydrogens is 326 g/mol. The molecule has 0 spiro atoms. The fourth-order valence-corrected chi connectivity index (χ4v) is 3.54. The van der Waals surface area contributed by atoms with Crippen LogP contribution < -0.4 is 4.74 Å². The largest absolute Gasteiger partial charge is 0.497 e. The Morgan fingerprint density at radius 2 is 1.81 bits per heavy atom. The van der Waals surface area contributed by atoms with Crippen molar-refractivity contribution >= 4 is 5.91 Å². The topological polar surface area (TPSA) is 38.8 Å². The molecule has 2 unspecified atom stereocenters. The zero-order chi connectivity index (χ0) is 18.5. The van der Waals surface area contributed by atoms with E-state index in [0.717, 1.165) is 16.9 Å². The summed E-state index contributed by atoms with van der Waals surface area (Å²) in [4.78, 5) is 15.3. The number of amides is 1. The van der Waals surface area contributed by atoms with Gasteiger partial charge in [0.15, 0.2) is 0 Å². The summed E-state index contributed by atoms with van der Waals surface area (Å²) in [6.07, 6.45) is -0.0578. The Morgan fingerprint density at radius 3 is 2.42 bits per heavy atom. The average molecular weight is 353 g/mol. The highest BCUT2D eigenvalue weighted by Gasteiger charge is 2.32. The first-order chi connectivity index (χ1) is 12.6.